The first-order valence-electron chi connectivity index (χ1n) is 10.6. The van der Waals surface area contributed by atoms with Crippen LogP contribution in [0.15, 0.2) is 48.5 Å². The first kappa shape index (κ1) is 20.4. The number of benzene rings is 2. The molecule has 1 saturated heterocycles. The van der Waals surface area contributed by atoms with Gasteiger partial charge in [-0.05, 0) is 43.0 Å². The molecular weight excluding hydrogens is 378 g/mol. The van der Waals surface area contributed by atoms with E-state index < -0.39 is 6.04 Å². The highest BCUT2D eigenvalue weighted by Crippen LogP contribution is 2.32. The second kappa shape index (κ2) is 8.88. The van der Waals surface area contributed by atoms with Gasteiger partial charge in [0.15, 0.2) is 0 Å². The van der Waals surface area contributed by atoms with Crippen molar-refractivity contribution in [3.63, 3.8) is 0 Å². The summed E-state index contributed by atoms with van der Waals surface area (Å²) in [6, 6.07) is 15.2. The molecule has 4 rings (SSSR count). The molecular formula is C24H29N3O3. The van der Waals surface area contributed by atoms with E-state index in [2.05, 4.69) is 10.2 Å². The lowest BCUT2D eigenvalue weighted by atomic mass is 10.0. The lowest BCUT2D eigenvalue weighted by Gasteiger charge is -2.39. The van der Waals surface area contributed by atoms with Crippen LogP contribution in [-0.4, -0.2) is 54.9 Å². The van der Waals surface area contributed by atoms with Crippen molar-refractivity contribution in [2.24, 2.45) is 5.92 Å². The van der Waals surface area contributed by atoms with Gasteiger partial charge in [-0.3, -0.25) is 14.5 Å². The van der Waals surface area contributed by atoms with Crippen LogP contribution in [0, 0.1) is 12.8 Å². The molecule has 1 unspecified atom stereocenters. The fraction of sp³-hybridized carbons (Fsp3) is 0.417. The number of anilines is 1. The van der Waals surface area contributed by atoms with Crippen LogP contribution in [0.1, 0.15) is 30.0 Å². The summed E-state index contributed by atoms with van der Waals surface area (Å²) in [5, 5.41) is 3.07. The van der Waals surface area contributed by atoms with Crippen molar-refractivity contribution in [3.8, 4) is 5.75 Å². The average Bonchev–Trinajstić information content (AvgIpc) is 3.60. The quantitative estimate of drug-likeness (QED) is 0.799. The van der Waals surface area contributed by atoms with E-state index in [1.54, 1.807) is 7.11 Å². The summed E-state index contributed by atoms with van der Waals surface area (Å²) in [4.78, 5) is 30.0. The minimum Gasteiger partial charge on any atom is -0.495 e. The average molecular weight is 408 g/mol. The minimum atomic E-state index is -0.422. The van der Waals surface area contributed by atoms with Gasteiger partial charge in [-0.1, -0.05) is 36.4 Å². The summed E-state index contributed by atoms with van der Waals surface area (Å²) in [6.07, 6.45) is 2.04. The molecule has 0 bridgehead atoms. The maximum atomic E-state index is 13.4. The van der Waals surface area contributed by atoms with E-state index in [4.69, 9.17) is 4.74 Å². The number of piperazine rings is 1. The SMILES string of the molecule is COc1ccc(C)cc1NC(=O)C(c1ccccc1)N1CCN(C(=O)C2CC2)CC1. The Morgan fingerprint density at radius 2 is 1.73 bits per heavy atom. The zero-order valence-electron chi connectivity index (χ0n) is 17.6. The molecule has 0 spiro atoms. The standard InChI is InChI=1S/C24H29N3O3/c1-17-8-11-21(30-2)20(16-17)25-23(28)22(18-6-4-3-5-7-18)26-12-14-27(15-13-26)24(29)19-9-10-19/h3-8,11,16,19,22H,9-10,12-15H2,1-2H3,(H,25,28). The topological polar surface area (TPSA) is 61.9 Å². The predicted octanol–water partition coefficient (Wildman–Crippen LogP) is 3.24. The van der Waals surface area contributed by atoms with E-state index in [-0.39, 0.29) is 17.7 Å². The van der Waals surface area contributed by atoms with Crippen molar-refractivity contribution < 1.29 is 14.3 Å². The van der Waals surface area contributed by atoms with E-state index in [0.29, 0.717) is 37.6 Å². The van der Waals surface area contributed by atoms with E-state index in [1.165, 1.54) is 0 Å². The Kier molecular flexibility index (Phi) is 6.04. The number of nitrogens with one attached hydrogen (secondary N) is 1. The molecule has 1 saturated carbocycles. The Morgan fingerprint density at radius 1 is 1.03 bits per heavy atom. The maximum Gasteiger partial charge on any atom is 0.246 e. The molecule has 2 fully saturated rings. The number of aryl methyl sites for hydroxylation is 1. The summed E-state index contributed by atoms with van der Waals surface area (Å²) in [5.41, 5.74) is 2.67. The Morgan fingerprint density at radius 3 is 2.37 bits per heavy atom. The summed E-state index contributed by atoms with van der Waals surface area (Å²) >= 11 is 0. The zero-order valence-corrected chi connectivity index (χ0v) is 17.6. The summed E-state index contributed by atoms with van der Waals surface area (Å²) in [5.74, 6) is 1.06. The molecule has 2 amide bonds. The van der Waals surface area contributed by atoms with Crippen molar-refractivity contribution in [2.45, 2.75) is 25.8 Å². The Hall–Kier alpha value is -2.86. The molecule has 1 aliphatic carbocycles. The highest BCUT2D eigenvalue weighted by Gasteiger charge is 2.37. The van der Waals surface area contributed by atoms with E-state index >= 15 is 0 Å². The van der Waals surface area contributed by atoms with Gasteiger partial charge in [0.25, 0.3) is 0 Å². The molecule has 1 atom stereocenters. The van der Waals surface area contributed by atoms with Gasteiger partial charge in [0.2, 0.25) is 11.8 Å². The molecule has 0 aromatic heterocycles. The first-order chi connectivity index (χ1) is 14.6. The highest BCUT2D eigenvalue weighted by molar-refractivity contribution is 5.97. The molecule has 2 aromatic carbocycles. The van der Waals surface area contributed by atoms with Crippen molar-refractivity contribution in [1.82, 2.24) is 9.80 Å². The van der Waals surface area contributed by atoms with Gasteiger partial charge in [0.05, 0.1) is 12.8 Å². The highest BCUT2D eigenvalue weighted by atomic mass is 16.5. The minimum absolute atomic E-state index is 0.0907. The number of methoxy groups -OCH3 is 1. The van der Waals surface area contributed by atoms with Gasteiger partial charge < -0.3 is 15.0 Å². The lowest BCUT2D eigenvalue weighted by molar-refractivity contribution is -0.135. The largest absolute Gasteiger partial charge is 0.495 e. The predicted molar refractivity (Wildman–Crippen MR) is 116 cm³/mol. The Balaban J connectivity index is 1.53. The Labute approximate surface area is 177 Å². The molecule has 1 N–H and O–H groups in total. The molecule has 0 radical (unpaired) electrons. The molecule has 2 aromatic rings. The molecule has 6 nitrogen and oxygen atoms in total. The van der Waals surface area contributed by atoms with E-state index in [0.717, 1.165) is 24.0 Å². The third-order valence-electron chi connectivity index (χ3n) is 5.89. The molecule has 1 heterocycles. The second-order valence-electron chi connectivity index (χ2n) is 8.14. The van der Waals surface area contributed by atoms with Gasteiger partial charge in [-0.2, -0.15) is 0 Å². The van der Waals surface area contributed by atoms with Gasteiger partial charge in [-0.25, -0.2) is 0 Å². The molecule has 1 aliphatic heterocycles. The normalized spacial score (nSPS) is 18.0. The van der Waals surface area contributed by atoms with E-state index in [9.17, 15) is 9.59 Å². The number of carbonyl (C=O) groups is 2. The lowest BCUT2D eigenvalue weighted by Crippen LogP contribution is -2.52. The number of hydrogen-bond acceptors (Lipinski definition) is 4. The van der Waals surface area contributed by atoms with Gasteiger partial charge >= 0.3 is 0 Å². The van der Waals surface area contributed by atoms with Crippen molar-refractivity contribution in [2.75, 3.05) is 38.6 Å². The van der Waals surface area contributed by atoms with Crippen LogP contribution in [0.25, 0.3) is 0 Å². The number of nitrogens with zero attached hydrogens (tertiary/aromatic N) is 2. The van der Waals surface area contributed by atoms with Gasteiger partial charge in [0, 0.05) is 32.1 Å². The number of carbonyl (C=O) groups excluding carboxylic acids is 2. The van der Waals surface area contributed by atoms with Crippen LogP contribution in [0.2, 0.25) is 0 Å². The van der Waals surface area contributed by atoms with Crippen LogP contribution in [-0.2, 0) is 9.59 Å². The summed E-state index contributed by atoms with van der Waals surface area (Å²) in [7, 11) is 1.60. The number of amides is 2. The molecule has 6 heteroatoms. The van der Waals surface area contributed by atoms with Crippen LogP contribution in [0.5, 0.6) is 5.75 Å². The number of rotatable bonds is 6. The van der Waals surface area contributed by atoms with E-state index in [1.807, 2.05) is 60.4 Å². The molecule has 158 valence electrons. The monoisotopic (exact) mass is 407 g/mol. The van der Waals surface area contributed by atoms with Gasteiger partial charge in [-0.15, -0.1) is 0 Å². The van der Waals surface area contributed by atoms with Crippen LogP contribution in [0.3, 0.4) is 0 Å². The third-order valence-corrected chi connectivity index (χ3v) is 5.89. The smallest absolute Gasteiger partial charge is 0.246 e. The van der Waals surface area contributed by atoms with Crippen LogP contribution in [0.4, 0.5) is 5.69 Å². The van der Waals surface area contributed by atoms with Crippen LogP contribution < -0.4 is 10.1 Å². The van der Waals surface area contributed by atoms with Crippen molar-refractivity contribution >= 4 is 17.5 Å². The maximum absolute atomic E-state index is 13.4. The summed E-state index contributed by atoms with van der Waals surface area (Å²) in [6.45, 7) is 4.67. The fourth-order valence-corrected chi connectivity index (χ4v) is 4.07. The van der Waals surface area contributed by atoms with Gasteiger partial charge in [0.1, 0.15) is 11.8 Å². The fourth-order valence-electron chi connectivity index (χ4n) is 4.07. The zero-order chi connectivity index (χ0) is 21.1. The molecule has 2 aliphatic rings. The third kappa shape index (κ3) is 4.49. The molecule has 30 heavy (non-hydrogen) atoms. The summed E-state index contributed by atoms with van der Waals surface area (Å²) < 4.78 is 5.43. The number of ether oxygens (including phenoxy) is 1. The first-order valence-corrected chi connectivity index (χ1v) is 10.6. The second-order valence-corrected chi connectivity index (χ2v) is 8.14. The van der Waals surface area contributed by atoms with Crippen molar-refractivity contribution in [1.29, 1.82) is 0 Å². The number of hydrogen-bond donors (Lipinski definition) is 1. The Bertz CT molecular complexity index is 903. The van der Waals surface area contributed by atoms with Crippen molar-refractivity contribution in [3.05, 3.63) is 59.7 Å². The van der Waals surface area contributed by atoms with Crippen LogP contribution >= 0.6 is 0 Å².